The van der Waals surface area contributed by atoms with Gasteiger partial charge >= 0.3 is 0 Å². The maximum absolute atomic E-state index is 12.5. The molecule has 1 aliphatic heterocycles. The average Bonchev–Trinajstić information content (AvgIpc) is 3.45. The minimum absolute atomic E-state index is 0.0975. The highest BCUT2D eigenvalue weighted by atomic mass is 16.5. The van der Waals surface area contributed by atoms with Crippen molar-refractivity contribution >= 4 is 11.7 Å². The van der Waals surface area contributed by atoms with Crippen LogP contribution in [-0.2, 0) is 4.79 Å². The molecule has 1 aromatic rings. The Morgan fingerprint density at radius 2 is 1.83 bits per heavy atom. The number of carbonyl (C=O) groups excluding carboxylic acids is 2. The molecule has 4 rings (SSSR count). The maximum atomic E-state index is 12.5. The van der Waals surface area contributed by atoms with E-state index in [0.29, 0.717) is 30.4 Å². The van der Waals surface area contributed by atoms with E-state index in [1.54, 1.807) is 0 Å². The SMILES string of the molecule is CN1CCN(CCC(=O)NC2CCC(CC(=O)c3cc(C4CC4)on3)CC2)CC1. The second-order valence-electron chi connectivity index (χ2n) is 9.20. The number of nitrogens with zero attached hydrogens (tertiary/aromatic N) is 3. The lowest BCUT2D eigenvalue weighted by Crippen LogP contribution is -2.46. The first-order chi connectivity index (χ1) is 14.1. The quantitative estimate of drug-likeness (QED) is 0.673. The highest BCUT2D eigenvalue weighted by Gasteiger charge is 2.30. The molecule has 3 fully saturated rings. The summed E-state index contributed by atoms with van der Waals surface area (Å²) in [4.78, 5) is 29.5. The van der Waals surface area contributed by atoms with Gasteiger partial charge in [0.1, 0.15) is 11.5 Å². The number of carbonyl (C=O) groups is 2. The van der Waals surface area contributed by atoms with Gasteiger partial charge in [0.05, 0.1) is 0 Å². The van der Waals surface area contributed by atoms with Gasteiger partial charge in [0.2, 0.25) is 5.91 Å². The Kier molecular flexibility index (Phi) is 6.65. The van der Waals surface area contributed by atoms with Crippen molar-refractivity contribution < 1.29 is 14.1 Å². The summed E-state index contributed by atoms with van der Waals surface area (Å²) in [5.74, 6) is 2.01. The lowest BCUT2D eigenvalue weighted by atomic mass is 9.82. The summed E-state index contributed by atoms with van der Waals surface area (Å²) in [6.45, 7) is 5.12. The summed E-state index contributed by atoms with van der Waals surface area (Å²) in [5.41, 5.74) is 0.492. The van der Waals surface area contributed by atoms with Crippen molar-refractivity contribution in [2.45, 2.75) is 63.3 Å². The summed E-state index contributed by atoms with van der Waals surface area (Å²) in [6.07, 6.45) is 7.32. The minimum atomic E-state index is 0.0975. The van der Waals surface area contributed by atoms with E-state index in [-0.39, 0.29) is 17.7 Å². The Morgan fingerprint density at radius 3 is 2.52 bits per heavy atom. The van der Waals surface area contributed by atoms with Crippen LogP contribution < -0.4 is 5.32 Å². The molecule has 0 radical (unpaired) electrons. The lowest BCUT2D eigenvalue weighted by molar-refractivity contribution is -0.122. The predicted molar refractivity (Wildman–Crippen MR) is 110 cm³/mol. The van der Waals surface area contributed by atoms with Crippen LogP contribution in [-0.4, -0.2) is 72.5 Å². The third-order valence-electron chi connectivity index (χ3n) is 6.73. The van der Waals surface area contributed by atoms with Crippen molar-refractivity contribution in [2.24, 2.45) is 5.92 Å². The second-order valence-corrected chi connectivity index (χ2v) is 9.20. The van der Waals surface area contributed by atoms with Crippen molar-refractivity contribution in [3.63, 3.8) is 0 Å². The standard InChI is InChI=1S/C22H34N4O3/c1-25-10-12-26(13-11-25)9-8-22(28)23-18-6-2-16(3-7-18)14-20(27)19-15-21(29-24-19)17-4-5-17/h15-18H,2-14H2,1H3,(H,23,28). The van der Waals surface area contributed by atoms with E-state index < -0.39 is 0 Å². The number of hydrogen-bond donors (Lipinski definition) is 1. The van der Waals surface area contributed by atoms with Crippen molar-refractivity contribution in [3.8, 4) is 0 Å². The molecule has 0 unspecified atom stereocenters. The van der Waals surface area contributed by atoms with E-state index in [1.165, 1.54) is 0 Å². The van der Waals surface area contributed by atoms with Crippen molar-refractivity contribution in [2.75, 3.05) is 39.8 Å². The van der Waals surface area contributed by atoms with Crippen LogP contribution in [0.2, 0.25) is 0 Å². The maximum Gasteiger partial charge on any atom is 0.221 e. The fraction of sp³-hybridized carbons (Fsp3) is 0.773. The van der Waals surface area contributed by atoms with Gasteiger partial charge in [0.15, 0.2) is 5.78 Å². The number of aromatic nitrogens is 1. The number of likely N-dealkylation sites (N-methyl/N-ethyl adjacent to an activating group) is 1. The van der Waals surface area contributed by atoms with Crippen LogP contribution in [0.4, 0.5) is 0 Å². The third-order valence-corrected chi connectivity index (χ3v) is 6.73. The Labute approximate surface area is 173 Å². The molecule has 0 spiro atoms. The van der Waals surface area contributed by atoms with Crippen LogP contribution >= 0.6 is 0 Å². The monoisotopic (exact) mass is 402 g/mol. The summed E-state index contributed by atoms with van der Waals surface area (Å²) < 4.78 is 5.31. The zero-order valence-electron chi connectivity index (χ0n) is 17.6. The Bertz CT molecular complexity index is 699. The highest BCUT2D eigenvalue weighted by Crippen LogP contribution is 2.40. The summed E-state index contributed by atoms with van der Waals surface area (Å²) >= 11 is 0. The summed E-state index contributed by atoms with van der Waals surface area (Å²) in [5, 5.41) is 7.18. The number of amides is 1. The van der Waals surface area contributed by atoms with Gasteiger partial charge in [0.25, 0.3) is 0 Å². The number of piperazine rings is 1. The smallest absolute Gasteiger partial charge is 0.221 e. The predicted octanol–water partition coefficient (Wildman–Crippen LogP) is 2.44. The molecule has 1 saturated heterocycles. The molecule has 3 aliphatic rings. The zero-order chi connectivity index (χ0) is 20.2. The molecule has 7 heteroatoms. The third kappa shape index (κ3) is 5.89. The highest BCUT2D eigenvalue weighted by molar-refractivity contribution is 5.94. The van der Waals surface area contributed by atoms with E-state index in [4.69, 9.17) is 4.52 Å². The number of rotatable bonds is 8. The normalized spacial score (nSPS) is 26.4. The van der Waals surface area contributed by atoms with Crippen molar-refractivity contribution in [1.29, 1.82) is 0 Å². The second kappa shape index (κ2) is 9.39. The molecule has 29 heavy (non-hydrogen) atoms. The molecule has 160 valence electrons. The molecular formula is C22H34N4O3. The van der Waals surface area contributed by atoms with Crippen LogP contribution in [0.1, 0.15) is 73.5 Å². The Balaban J connectivity index is 1.12. The largest absolute Gasteiger partial charge is 0.360 e. The number of hydrogen-bond acceptors (Lipinski definition) is 6. The average molecular weight is 403 g/mol. The molecule has 2 saturated carbocycles. The van der Waals surface area contributed by atoms with Gasteiger partial charge in [-0.05, 0) is 51.5 Å². The van der Waals surface area contributed by atoms with Crippen molar-refractivity contribution in [3.05, 3.63) is 17.5 Å². The molecule has 1 aromatic heterocycles. The van der Waals surface area contributed by atoms with Crippen molar-refractivity contribution in [1.82, 2.24) is 20.3 Å². The summed E-state index contributed by atoms with van der Waals surface area (Å²) in [7, 11) is 2.14. The van der Waals surface area contributed by atoms with Gasteiger partial charge in [-0.15, -0.1) is 0 Å². The first kappa shape index (κ1) is 20.5. The molecular weight excluding hydrogens is 368 g/mol. The molecule has 2 aliphatic carbocycles. The van der Waals surface area contributed by atoms with Crippen LogP contribution in [0, 0.1) is 5.92 Å². The molecule has 1 amide bonds. The Hall–Kier alpha value is -1.73. The van der Waals surface area contributed by atoms with Crippen LogP contribution in [0.5, 0.6) is 0 Å². The fourth-order valence-electron chi connectivity index (χ4n) is 4.49. The molecule has 0 atom stereocenters. The first-order valence-electron chi connectivity index (χ1n) is 11.3. The van der Waals surface area contributed by atoms with Gasteiger partial charge < -0.3 is 19.6 Å². The molecule has 7 nitrogen and oxygen atoms in total. The molecule has 2 heterocycles. The zero-order valence-corrected chi connectivity index (χ0v) is 17.6. The van der Waals surface area contributed by atoms with Gasteiger partial charge in [-0.3, -0.25) is 9.59 Å². The molecule has 1 N–H and O–H groups in total. The van der Waals surface area contributed by atoms with E-state index in [2.05, 4.69) is 27.3 Å². The lowest BCUT2D eigenvalue weighted by Gasteiger charge is -2.32. The molecule has 0 bridgehead atoms. The fourth-order valence-corrected chi connectivity index (χ4v) is 4.49. The first-order valence-corrected chi connectivity index (χ1v) is 11.3. The van der Waals surface area contributed by atoms with Gasteiger partial charge in [0, 0.05) is 63.6 Å². The number of nitrogens with one attached hydrogen (secondary N) is 1. The molecule has 0 aromatic carbocycles. The van der Waals surface area contributed by atoms with Crippen LogP contribution in [0.25, 0.3) is 0 Å². The van der Waals surface area contributed by atoms with Crippen LogP contribution in [0.3, 0.4) is 0 Å². The summed E-state index contributed by atoms with van der Waals surface area (Å²) in [6, 6.07) is 2.10. The van der Waals surface area contributed by atoms with E-state index in [0.717, 1.165) is 77.0 Å². The van der Waals surface area contributed by atoms with Gasteiger partial charge in [-0.25, -0.2) is 0 Å². The topological polar surface area (TPSA) is 78.7 Å². The van der Waals surface area contributed by atoms with Gasteiger partial charge in [-0.2, -0.15) is 0 Å². The number of Topliss-reactive ketones (excluding diaryl/α,β-unsaturated/α-hetero) is 1. The van der Waals surface area contributed by atoms with Gasteiger partial charge in [-0.1, -0.05) is 5.16 Å². The number of ketones is 1. The Morgan fingerprint density at radius 1 is 1.10 bits per heavy atom. The minimum Gasteiger partial charge on any atom is -0.360 e. The van der Waals surface area contributed by atoms with E-state index in [9.17, 15) is 9.59 Å². The van der Waals surface area contributed by atoms with E-state index in [1.807, 2.05) is 6.07 Å². The van der Waals surface area contributed by atoms with Crippen LogP contribution in [0.15, 0.2) is 10.6 Å². The van der Waals surface area contributed by atoms with E-state index >= 15 is 0 Å².